The van der Waals surface area contributed by atoms with Crippen molar-refractivity contribution in [1.82, 2.24) is 9.80 Å². The highest BCUT2D eigenvalue weighted by Crippen LogP contribution is 2.28. The highest BCUT2D eigenvalue weighted by atomic mass is 32.2. The van der Waals surface area contributed by atoms with Gasteiger partial charge in [0.1, 0.15) is 5.58 Å². The Labute approximate surface area is 153 Å². The van der Waals surface area contributed by atoms with Crippen LogP contribution in [-0.4, -0.2) is 59.4 Å². The standard InChI is InChI=1S/C20H26N2O2S/c1-14-3-4-17-15(2)19(24-18(17)13-14)20(23)22-9-7-21(8-10-22)16-5-11-25-12-6-16/h3-4,13,16H,5-12H2,1-2H3. The topological polar surface area (TPSA) is 36.7 Å². The van der Waals surface area contributed by atoms with Gasteiger partial charge in [-0.15, -0.1) is 0 Å². The van der Waals surface area contributed by atoms with Crippen LogP contribution in [0.4, 0.5) is 0 Å². The molecule has 0 radical (unpaired) electrons. The SMILES string of the molecule is Cc1ccc2c(C)c(C(=O)N3CCN(C4CCSCC4)CC3)oc2c1. The molecule has 2 aromatic rings. The smallest absolute Gasteiger partial charge is 0.289 e. The van der Waals surface area contributed by atoms with Gasteiger partial charge in [-0.2, -0.15) is 11.8 Å². The minimum atomic E-state index is 0.0465. The molecule has 3 heterocycles. The van der Waals surface area contributed by atoms with Gasteiger partial charge in [-0.1, -0.05) is 12.1 Å². The second-order valence-corrected chi connectivity index (χ2v) is 8.45. The highest BCUT2D eigenvalue weighted by molar-refractivity contribution is 7.99. The van der Waals surface area contributed by atoms with Gasteiger partial charge in [-0.05, 0) is 49.8 Å². The number of aryl methyl sites for hydroxylation is 2. The van der Waals surface area contributed by atoms with Crippen LogP contribution in [0.1, 0.15) is 34.5 Å². The van der Waals surface area contributed by atoms with E-state index in [0.29, 0.717) is 5.76 Å². The molecule has 0 unspecified atom stereocenters. The molecule has 5 heteroatoms. The predicted molar refractivity (Wildman–Crippen MR) is 104 cm³/mol. The van der Waals surface area contributed by atoms with Crippen LogP contribution in [0, 0.1) is 13.8 Å². The number of fused-ring (bicyclic) bond motifs is 1. The zero-order chi connectivity index (χ0) is 17.4. The zero-order valence-corrected chi connectivity index (χ0v) is 15.9. The quantitative estimate of drug-likeness (QED) is 0.820. The summed E-state index contributed by atoms with van der Waals surface area (Å²) in [6, 6.07) is 6.85. The number of hydrogen-bond acceptors (Lipinski definition) is 4. The summed E-state index contributed by atoms with van der Waals surface area (Å²) in [7, 11) is 0. The van der Waals surface area contributed by atoms with E-state index in [-0.39, 0.29) is 5.91 Å². The summed E-state index contributed by atoms with van der Waals surface area (Å²) in [6.45, 7) is 7.61. The molecule has 1 aromatic carbocycles. The second kappa shape index (κ2) is 7.04. The van der Waals surface area contributed by atoms with Crippen molar-refractivity contribution in [2.45, 2.75) is 32.7 Å². The molecule has 0 N–H and O–H groups in total. The Morgan fingerprint density at radius 2 is 1.84 bits per heavy atom. The summed E-state index contributed by atoms with van der Waals surface area (Å²) >= 11 is 2.07. The van der Waals surface area contributed by atoms with E-state index in [2.05, 4.69) is 28.8 Å². The number of furan rings is 1. The van der Waals surface area contributed by atoms with Crippen LogP contribution in [0.2, 0.25) is 0 Å². The lowest BCUT2D eigenvalue weighted by Crippen LogP contribution is -2.52. The number of amides is 1. The average Bonchev–Trinajstić information content (AvgIpc) is 2.98. The van der Waals surface area contributed by atoms with Gasteiger partial charge in [0.05, 0.1) is 0 Å². The Balaban J connectivity index is 1.46. The van der Waals surface area contributed by atoms with E-state index in [0.717, 1.165) is 54.3 Å². The van der Waals surface area contributed by atoms with Crippen LogP contribution < -0.4 is 0 Å². The predicted octanol–water partition coefficient (Wildman–Crippen LogP) is 3.70. The Hall–Kier alpha value is -1.46. The van der Waals surface area contributed by atoms with Crippen LogP contribution in [0.15, 0.2) is 22.6 Å². The maximum Gasteiger partial charge on any atom is 0.289 e. The van der Waals surface area contributed by atoms with Gasteiger partial charge in [0.15, 0.2) is 5.76 Å². The van der Waals surface area contributed by atoms with Crippen LogP contribution >= 0.6 is 11.8 Å². The Morgan fingerprint density at radius 1 is 1.12 bits per heavy atom. The Morgan fingerprint density at radius 3 is 2.56 bits per heavy atom. The molecule has 4 rings (SSSR count). The number of carbonyl (C=O) groups excluding carboxylic acids is 1. The molecular weight excluding hydrogens is 332 g/mol. The summed E-state index contributed by atoms with van der Waals surface area (Å²) in [6.07, 6.45) is 2.58. The number of rotatable bonds is 2. The van der Waals surface area contributed by atoms with Crippen molar-refractivity contribution in [3.8, 4) is 0 Å². The van der Waals surface area contributed by atoms with E-state index < -0.39 is 0 Å². The number of hydrogen-bond donors (Lipinski definition) is 0. The van der Waals surface area contributed by atoms with Gasteiger partial charge in [0.2, 0.25) is 0 Å². The molecule has 2 aliphatic rings. The number of benzene rings is 1. The third-order valence-electron chi connectivity index (χ3n) is 5.60. The number of carbonyl (C=O) groups is 1. The van der Waals surface area contributed by atoms with Crippen molar-refractivity contribution in [3.05, 3.63) is 35.1 Å². The third-order valence-corrected chi connectivity index (χ3v) is 6.65. The molecule has 0 saturated carbocycles. The lowest BCUT2D eigenvalue weighted by Gasteiger charge is -2.40. The number of thioether (sulfide) groups is 1. The molecule has 134 valence electrons. The maximum atomic E-state index is 13.0. The molecule has 1 aromatic heterocycles. The monoisotopic (exact) mass is 358 g/mol. The van der Waals surface area contributed by atoms with Gasteiger partial charge >= 0.3 is 0 Å². The molecule has 0 bridgehead atoms. The summed E-state index contributed by atoms with van der Waals surface area (Å²) in [5, 5.41) is 1.05. The first-order valence-corrected chi connectivity index (χ1v) is 10.4. The van der Waals surface area contributed by atoms with Crippen molar-refractivity contribution in [1.29, 1.82) is 0 Å². The highest BCUT2D eigenvalue weighted by Gasteiger charge is 2.29. The normalized spacial score (nSPS) is 20.3. The first kappa shape index (κ1) is 17.0. The van der Waals surface area contributed by atoms with E-state index in [1.807, 2.05) is 24.8 Å². The minimum Gasteiger partial charge on any atom is -0.451 e. The molecule has 2 fully saturated rings. The number of nitrogens with zero attached hydrogens (tertiary/aromatic N) is 2. The summed E-state index contributed by atoms with van der Waals surface area (Å²) in [4.78, 5) is 17.5. The Kier molecular flexibility index (Phi) is 4.78. The zero-order valence-electron chi connectivity index (χ0n) is 15.1. The van der Waals surface area contributed by atoms with E-state index in [4.69, 9.17) is 4.42 Å². The molecule has 25 heavy (non-hydrogen) atoms. The van der Waals surface area contributed by atoms with Gasteiger partial charge in [0.25, 0.3) is 5.91 Å². The van der Waals surface area contributed by atoms with Gasteiger partial charge in [-0.3, -0.25) is 9.69 Å². The largest absolute Gasteiger partial charge is 0.451 e. The minimum absolute atomic E-state index is 0.0465. The van der Waals surface area contributed by atoms with Gasteiger partial charge in [-0.25, -0.2) is 0 Å². The van der Waals surface area contributed by atoms with Crippen LogP contribution in [0.3, 0.4) is 0 Å². The van der Waals surface area contributed by atoms with Crippen molar-refractivity contribution in [2.75, 3.05) is 37.7 Å². The van der Waals surface area contributed by atoms with Crippen LogP contribution in [-0.2, 0) is 0 Å². The average molecular weight is 359 g/mol. The molecule has 0 spiro atoms. The molecule has 4 nitrogen and oxygen atoms in total. The molecule has 2 aliphatic heterocycles. The van der Waals surface area contributed by atoms with E-state index in [1.165, 1.54) is 24.3 Å². The molecule has 1 amide bonds. The molecule has 0 atom stereocenters. The third kappa shape index (κ3) is 3.32. The van der Waals surface area contributed by atoms with E-state index in [9.17, 15) is 4.79 Å². The van der Waals surface area contributed by atoms with E-state index >= 15 is 0 Å². The van der Waals surface area contributed by atoms with Crippen LogP contribution in [0.25, 0.3) is 11.0 Å². The maximum absolute atomic E-state index is 13.0. The van der Waals surface area contributed by atoms with Crippen LogP contribution in [0.5, 0.6) is 0 Å². The fourth-order valence-corrected chi connectivity index (χ4v) is 5.10. The number of piperazine rings is 1. The lowest BCUT2D eigenvalue weighted by molar-refractivity contribution is 0.0532. The van der Waals surface area contributed by atoms with Gasteiger partial charge in [0, 0.05) is 43.2 Å². The van der Waals surface area contributed by atoms with Crippen molar-refractivity contribution in [2.24, 2.45) is 0 Å². The summed E-state index contributed by atoms with van der Waals surface area (Å²) < 4.78 is 5.93. The second-order valence-electron chi connectivity index (χ2n) is 7.23. The Bertz CT molecular complexity index is 771. The molecule has 2 saturated heterocycles. The van der Waals surface area contributed by atoms with Crippen molar-refractivity contribution in [3.63, 3.8) is 0 Å². The first-order chi connectivity index (χ1) is 12.1. The fraction of sp³-hybridized carbons (Fsp3) is 0.550. The fourth-order valence-electron chi connectivity index (χ4n) is 4.02. The van der Waals surface area contributed by atoms with Crippen molar-refractivity contribution < 1.29 is 9.21 Å². The molecular formula is C20H26N2O2S. The van der Waals surface area contributed by atoms with Crippen molar-refractivity contribution >= 4 is 28.6 Å². The summed E-state index contributed by atoms with van der Waals surface area (Å²) in [5.41, 5.74) is 2.94. The first-order valence-electron chi connectivity index (χ1n) is 9.24. The summed E-state index contributed by atoms with van der Waals surface area (Å²) in [5.74, 6) is 3.12. The lowest BCUT2D eigenvalue weighted by atomic mass is 10.1. The molecule has 0 aliphatic carbocycles. The van der Waals surface area contributed by atoms with Gasteiger partial charge < -0.3 is 9.32 Å². The van der Waals surface area contributed by atoms with E-state index in [1.54, 1.807) is 0 Å².